The Hall–Kier alpha value is -1.26. The molecule has 1 aliphatic rings. The Morgan fingerprint density at radius 3 is 2.67 bits per heavy atom. The molecule has 0 aromatic carbocycles. The van der Waals surface area contributed by atoms with E-state index >= 15 is 0 Å². The standard InChI is InChI=1S/C4H6N2O3/c5-4(8)9-2-1-6-3(2)7/h2H,1H2,(H2,5,8)(H,6,7)/t2-/m0/s1. The molecular formula is C4H6N2O3. The van der Waals surface area contributed by atoms with Gasteiger partial charge in [-0.2, -0.15) is 0 Å². The van der Waals surface area contributed by atoms with E-state index in [2.05, 4.69) is 15.8 Å². The van der Waals surface area contributed by atoms with Crippen LogP contribution in [-0.4, -0.2) is 24.6 Å². The minimum absolute atomic E-state index is 0.284. The van der Waals surface area contributed by atoms with Gasteiger partial charge in [-0.05, 0) is 0 Å². The number of amides is 2. The minimum atomic E-state index is -0.908. The molecule has 0 spiro atoms. The second-order valence-corrected chi connectivity index (χ2v) is 1.67. The summed E-state index contributed by atoms with van der Waals surface area (Å²) in [6, 6.07) is 0. The Balaban J connectivity index is 2.29. The summed E-state index contributed by atoms with van der Waals surface area (Å²) in [5.41, 5.74) is 4.62. The first-order valence-corrected chi connectivity index (χ1v) is 2.44. The number of ether oxygens (including phenoxy) is 1. The number of carbonyl (C=O) groups is 2. The van der Waals surface area contributed by atoms with Crippen LogP contribution >= 0.6 is 0 Å². The normalized spacial score (nSPS) is 24.0. The molecule has 0 saturated carbocycles. The van der Waals surface area contributed by atoms with Crippen LogP contribution in [0.3, 0.4) is 0 Å². The number of β-lactam (4-membered cyclic amide) rings is 1. The van der Waals surface area contributed by atoms with Crippen molar-refractivity contribution in [1.29, 1.82) is 0 Å². The summed E-state index contributed by atoms with van der Waals surface area (Å²) in [4.78, 5) is 20.3. The van der Waals surface area contributed by atoms with Crippen LogP contribution < -0.4 is 11.1 Å². The third-order valence-corrected chi connectivity index (χ3v) is 1.01. The lowest BCUT2D eigenvalue weighted by atomic mass is 10.2. The van der Waals surface area contributed by atoms with Crippen LogP contribution in [0.15, 0.2) is 0 Å². The highest BCUT2D eigenvalue weighted by Gasteiger charge is 2.30. The number of hydrogen-bond donors (Lipinski definition) is 2. The first kappa shape index (κ1) is 5.87. The van der Waals surface area contributed by atoms with Crippen molar-refractivity contribution in [3.05, 3.63) is 0 Å². The second-order valence-electron chi connectivity index (χ2n) is 1.67. The van der Waals surface area contributed by atoms with Gasteiger partial charge in [-0.3, -0.25) is 4.79 Å². The van der Waals surface area contributed by atoms with E-state index in [1.165, 1.54) is 0 Å². The maximum Gasteiger partial charge on any atom is 0.405 e. The average Bonchev–Trinajstić information content (AvgIpc) is 1.79. The van der Waals surface area contributed by atoms with Crippen molar-refractivity contribution in [2.45, 2.75) is 6.10 Å². The van der Waals surface area contributed by atoms with Gasteiger partial charge in [0.25, 0.3) is 5.91 Å². The molecule has 0 aliphatic carbocycles. The molecule has 0 aromatic heterocycles. The predicted molar refractivity (Wildman–Crippen MR) is 27.5 cm³/mol. The summed E-state index contributed by atoms with van der Waals surface area (Å²) in [6.07, 6.45) is -1.56. The molecule has 1 saturated heterocycles. The third-order valence-electron chi connectivity index (χ3n) is 1.01. The lowest BCUT2D eigenvalue weighted by Crippen LogP contribution is -2.55. The summed E-state index contributed by atoms with van der Waals surface area (Å²) in [6.45, 7) is 0.377. The molecule has 1 heterocycles. The van der Waals surface area contributed by atoms with Crippen LogP contribution in [0, 0.1) is 0 Å². The number of carbonyl (C=O) groups excluding carboxylic acids is 2. The zero-order valence-corrected chi connectivity index (χ0v) is 4.59. The predicted octanol–water partition coefficient (Wildman–Crippen LogP) is -1.42. The maximum atomic E-state index is 10.3. The zero-order chi connectivity index (χ0) is 6.85. The Morgan fingerprint density at radius 2 is 2.56 bits per heavy atom. The number of hydrogen-bond acceptors (Lipinski definition) is 3. The van der Waals surface area contributed by atoms with Crippen molar-refractivity contribution in [1.82, 2.24) is 5.32 Å². The van der Waals surface area contributed by atoms with Gasteiger partial charge in [0.1, 0.15) is 0 Å². The van der Waals surface area contributed by atoms with Gasteiger partial charge in [0.2, 0.25) is 0 Å². The molecule has 2 amide bonds. The van der Waals surface area contributed by atoms with Gasteiger partial charge in [0.15, 0.2) is 6.10 Å². The van der Waals surface area contributed by atoms with Crippen LogP contribution in [-0.2, 0) is 9.53 Å². The number of nitrogens with two attached hydrogens (primary N) is 1. The lowest BCUT2D eigenvalue weighted by Gasteiger charge is -2.24. The van der Waals surface area contributed by atoms with Crippen molar-refractivity contribution in [3.8, 4) is 0 Å². The number of nitrogens with one attached hydrogen (secondary N) is 1. The first-order chi connectivity index (χ1) is 4.20. The fraction of sp³-hybridized carbons (Fsp3) is 0.500. The SMILES string of the molecule is NC(=O)O[C@H]1CNC1=O. The van der Waals surface area contributed by atoms with Crippen LogP contribution in [0.2, 0.25) is 0 Å². The molecule has 1 aliphatic heterocycles. The van der Waals surface area contributed by atoms with Gasteiger partial charge in [-0.25, -0.2) is 4.79 Å². The molecule has 1 fully saturated rings. The van der Waals surface area contributed by atoms with Gasteiger partial charge in [0.05, 0.1) is 6.54 Å². The van der Waals surface area contributed by atoms with E-state index in [1.807, 2.05) is 0 Å². The van der Waals surface area contributed by atoms with Crippen molar-refractivity contribution in [2.24, 2.45) is 5.73 Å². The van der Waals surface area contributed by atoms with Crippen LogP contribution in [0.1, 0.15) is 0 Å². The molecule has 5 nitrogen and oxygen atoms in total. The molecular weight excluding hydrogens is 124 g/mol. The molecule has 5 heteroatoms. The highest BCUT2D eigenvalue weighted by Crippen LogP contribution is 1.98. The zero-order valence-electron chi connectivity index (χ0n) is 4.59. The number of rotatable bonds is 1. The summed E-state index contributed by atoms with van der Waals surface area (Å²) in [5.74, 6) is -0.284. The van der Waals surface area contributed by atoms with Gasteiger partial charge < -0.3 is 15.8 Å². The van der Waals surface area contributed by atoms with Crippen molar-refractivity contribution in [3.63, 3.8) is 0 Å². The summed E-state index contributed by atoms with van der Waals surface area (Å²) >= 11 is 0. The molecule has 0 radical (unpaired) electrons. The van der Waals surface area contributed by atoms with Crippen molar-refractivity contribution in [2.75, 3.05) is 6.54 Å². The van der Waals surface area contributed by atoms with Crippen LogP contribution in [0.4, 0.5) is 4.79 Å². The van der Waals surface area contributed by atoms with E-state index in [9.17, 15) is 9.59 Å². The highest BCUT2D eigenvalue weighted by molar-refractivity contribution is 5.88. The lowest BCUT2D eigenvalue weighted by molar-refractivity contribution is -0.137. The van der Waals surface area contributed by atoms with Crippen molar-refractivity contribution >= 4 is 12.0 Å². The monoisotopic (exact) mass is 130 g/mol. The molecule has 0 unspecified atom stereocenters. The first-order valence-electron chi connectivity index (χ1n) is 2.44. The van der Waals surface area contributed by atoms with Gasteiger partial charge in [-0.1, -0.05) is 0 Å². The van der Waals surface area contributed by atoms with Crippen molar-refractivity contribution < 1.29 is 14.3 Å². The average molecular weight is 130 g/mol. The minimum Gasteiger partial charge on any atom is -0.434 e. The summed E-state index contributed by atoms with van der Waals surface area (Å²) in [5, 5.41) is 2.39. The fourth-order valence-corrected chi connectivity index (χ4v) is 0.504. The van der Waals surface area contributed by atoms with E-state index in [0.29, 0.717) is 6.54 Å². The molecule has 0 aromatic rings. The Kier molecular flexibility index (Phi) is 1.26. The van der Waals surface area contributed by atoms with E-state index in [4.69, 9.17) is 0 Å². The molecule has 50 valence electrons. The summed E-state index contributed by atoms with van der Waals surface area (Å²) in [7, 11) is 0. The fourth-order valence-electron chi connectivity index (χ4n) is 0.504. The van der Waals surface area contributed by atoms with Crippen LogP contribution in [0.25, 0.3) is 0 Å². The maximum absolute atomic E-state index is 10.3. The largest absolute Gasteiger partial charge is 0.434 e. The van der Waals surface area contributed by atoms with E-state index in [0.717, 1.165) is 0 Å². The van der Waals surface area contributed by atoms with Gasteiger partial charge >= 0.3 is 6.09 Å². The highest BCUT2D eigenvalue weighted by atomic mass is 16.6. The smallest absolute Gasteiger partial charge is 0.405 e. The third kappa shape index (κ3) is 1.10. The van der Waals surface area contributed by atoms with Gasteiger partial charge in [-0.15, -0.1) is 0 Å². The molecule has 1 atom stereocenters. The van der Waals surface area contributed by atoms with Gasteiger partial charge in [0, 0.05) is 0 Å². The van der Waals surface area contributed by atoms with E-state index in [1.54, 1.807) is 0 Å². The van der Waals surface area contributed by atoms with E-state index < -0.39 is 12.2 Å². The Bertz CT molecular complexity index is 156. The quantitative estimate of drug-likeness (QED) is 0.427. The molecule has 9 heavy (non-hydrogen) atoms. The molecule has 1 rings (SSSR count). The molecule has 3 N–H and O–H groups in total. The molecule has 0 bridgehead atoms. The van der Waals surface area contributed by atoms with Crippen LogP contribution in [0.5, 0.6) is 0 Å². The Morgan fingerprint density at radius 1 is 1.89 bits per heavy atom. The summed E-state index contributed by atoms with van der Waals surface area (Å²) < 4.78 is 4.33. The second kappa shape index (κ2) is 1.93. The van der Waals surface area contributed by atoms with E-state index in [-0.39, 0.29) is 5.91 Å². The Labute approximate surface area is 51.2 Å². The topological polar surface area (TPSA) is 81.4 Å². The number of primary amides is 1.